The molecule has 0 radical (unpaired) electrons. The number of hydrogen-bond donors (Lipinski definition) is 1. The maximum absolute atomic E-state index is 13.1. The summed E-state index contributed by atoms with van der Waals surface area (Å²) in [7, 11) is 3.21. The van der Waals surface area contributed by atoms with Crippen LogP contribution in [0.15, 0.2) is 47.6 Å². The molecule has 9 heteroatoms. The number of thioether (sulfide) groups is 1. The van der Waals surface area contributed by atoms with E-state index in [1.54, 1.807) is 14.2 Å². The van der Waals surface area contributed by atoms with E-state index in [0.717, 1.165) is 37.1 Å². The van der Waals surface area contributed by atoms with E-state index in [9.17, 15) is 9.18 Å². The van der Waals surface area contributed by atoms with Crippen LogP contribution in [0, 0.1) is 5.82 Å². The van der Waals surface area contributed by atoms with Crippen LogP contribution in [0.5, 0.6) is 11.5 Å². The largest absolute Gasteiger partial charge is 0.493 e. The summed E-state index contributed by atoms with van der Waals surface area (Å²) in [6, 6.07) is 11.7. The van der Waals surface area contributed by atoms with Crippen molar-refractivity contribution >= 4 is 23.4 Å². The predicted octanol–water partition coefficient (Wildman–Crippen LogP) is 5.34. The van der Waals surface area contributed by atoms with Crippen LogP contribution >= 0.6 is 11.8 Å². The Hall–Kier alpha value is -3.07. The molecule has 2 aromatic carbocycles. The van der Waals surface area contributed by atoms with Gasteiger partial charge in [0.15, 0.2) is 22.5 Å². The summed E-state index contributed by atoms with van der Waals surface area (Å²) in [5.74, 6) is 1.68. The number of carbonyl (C=O) groups is 1. The fraction of sp³-hybridized carbons (Fsp3) is 0.375. The van der Waals surface area contributed by atoms with Crippen LogP contribution in [-0.4, -0.2) is 40.6 Å². The average molecular weight is 471 g/mol. The van der Waals surface area contributed by atoms with Gasteiger partial charge in [0.25, 0.3) is 0 Å². The molecular formula is C24H27FN4O3S. The Morgan fingerprint density at radius 3 is 2.48 bits per heavy atom. The van der Waals surface area contributed by atoms with E-state index in [2.05, 4.69) is 20.1 Å². The zero-order valence-corrected chi connectivity index (χ0v) is 19.5. The van der Waals surface area contributed by atoms with Crippen LogP contribution in [0.25, 0.3) is 11.4 Å². The number of amides is 1. The summed E-state index contributed by atoms with van der Waals surface area (Å²) in [6.45, 7) is 0. The highest BCUT2D eigenvalue weighted by Gasteiger charge is 2.25. The van der Waals surface area contributed by atoms with Gasteiger partial charge in [0.1, 0.15) is 5.82 Å². The SMILES string of the molecule is COc1ccc(-c2nnc(SCC(=O)Nc3ccc(F)cc3)n2C2CCCCC2)cc1OC. The summed E-state index contributed by atoms with van der Waals surface area (Å²) in [4.78, 5) is 12.5. The summed E-state index contributed by atoms with van der Waals surface area (Å²) in [5.41, 5.74) is 1.44. The van der Waals surface area contributed by atoms with Crippen LogP contribution in [0.1, 0.15) is 38.1 Å². The molecule has 33 heavy (non-hydrogen) atoms. The molecule has 1 aliphatic carbocycles. The predicted molar refractivity (Wildman–Crippen MR) is 126 cm³/mol. The van der Waals surface area contributed by atoms with E-state index in [1.807, 2.05) is 18.2 Å². The van der Waals surface area contributed by atoms with E-state index >= 15 is 0 Å². The van der Waals surface area contributed by atoms with Crippen molar-refractivity contribution in [2.24, 2.45) is 0 Å². The first-order valence-corrected chi connectivity index (χ1v) is 11.9. The molecule has 0 atom stereocenters. The Kier molecular flexibility index (Phi) is 7.49. The first-order valence-electron chi connectivity index (χ1n) is 10.9. The van der Waals surface area contributed by atoms with Gasteiger partial charge in [0.2, 0.25) is 5.91 Å². The molecule has 1 aliphatic rings. The number of halogens is 1. The lowest BCUT2D eigenvalue weighted by molar-refractivity contribution is -0.113. The highest BCUT2D eigenvalue weighted by Crippen LogP contribution is 2.38. The van der Waals surface area contributed by atoms with E-state index in [-0.39, 0.29) is 23.5 Å². The summed E-state index contributed by atoms with van der Waals surface area (Å²) >= 11 is 1.35. The lowest BCUT2D eigenvalue weighted by Gasteiger charge is -2.25. The number of rotatable bonds is 8. The van der Waals surface area contributed by atoms with E-state index < -0.39 is 0 Å². The van der Waals surface area contributed by atoms with Gasteiger partial charge < -0.3 is 14.8 Å². The fourth-order valence-corrected chi connectivity index (χ4v) is 4.88. The van der Waals surface area contributed by atoms with E-state index in [1.165, 1.54) is 42.4 Å². The van der Waals surface area contributed by atoms with Crippen molar-refractivity contribution < 1.29 is 18.7 Å². The van der Waals surface area contributed by atoms with Crippen molar-refractivity contribution in [3.63, 3.8) is 0 Å². The van der Waals surface area contributed by atoms with Gasteiger partial charge in [-0.25, -0.2) is 4.39 Å². The number of methoxy groups -OCH3 is 2. The highest BCUT2D eigenvalue weighted by atomic mass is 32.2. The molecule has 1 heterocycles. The summed E-state index contributed by atoms with van der Waals surface area (Å²) in [6.07, 6.45) is 5.64. The number of carbonyl (C=O) groups excluding carboxylic acids is 1. The molecule has 0 bridgehead atoms. The molecule has 1 amide bonds. The third kappa shape index (κ3) is 5.47. The van der Waals surface area contributed by atoms with Gasteiger partial charge in [0, 0.05) is 17.3 Å². The molecule has 4 rings (SSSR count). The van der Waals surface area contributed by atoms with Crippen LogP contribution in [0.3, 0.4) is 0 Å². The topological polar surface area (TPSA) is 78.3 Å². The number of nitrogens with zero attached hydrogens (tertiary/aromatic N) is 3. The van der Waals surface area contributed by atoms with Crippen LogP contribution in [-0.2, 0) is 4.79 Å². The minimum atomic E-state index is -0.342. The monoisotopic (exact) mass is 470 g/mol. The van der Waals surface area contributed by atoms with Gasteiger partial charge in [-0.05, 0) is 55.3 Å². The van der Waals surface area contributed by atoms with Crippen LogP contribution in [0.2, 0.25) is 0 Å². The molecule has 0 aliphatic heterocycles. The standard InChI is InChI=1S/C24H27FN4O3S/c1-31-20-13-8-16(14-21(20)32-2)23-27-28-24(29(23)19-6-4-3-5-7-19)33-15-22(30)26-18-11-9-17(25)10-12-18/h8-14,19H,3-7,15H2,1-2H3,(H,26,30). The second-order valence-corrected chi connectivity index (χ2v) is 8.82. The van der Waals surface area contributed by atoms with Gasteiger partial charge in [-0.1, -0.05) is 31.0 Å². The quantitative estimate of drug-likeness (QED) is 0.448. The molecule has 0 saturated heterocycles. The highest BCUT2D eigenvalue weighted by molar-refractivity contribution is 7.99. The Balaban J connectivity index is 1.57. The van der Waals surface area contributed by atoms with Crippen LogP contribution < -0.4 is 14.8 Å². The van der Waals surface area contributed by atoms with E-state index in [0.29, 0.717) is 22.3 Å². The maximum atomic E-state index is 13.1. The average Bonchev–Trinajstić information content (AvgIpc) is 3.28. The van der Waals surface area contributed by atoms with Crippen molar-refractivity contribution in [2.45, 2.75) is 43.3 Å². The molecule has 0 unspecified atom stereocenters. The fourth-order valence-electron chi connectivity index (χ4n) is 4.08. The van der Waals surface area contributed by atoms with Crippen molar-refractivity contribution in [3.8, 4) is 22.9 Å². The minimum Gasteiger partial charge on any atom is -0.493 e. The number of anilines is 1. The smallest absolute Gasteiger partial charge is 0.234 e. The molecule has 1 saturated carbocycles. The van der Waals surface area contributed by atoms with Crippen molar-refractivity contribution in [1.29, 1.82) is 0 Å². The zero-order valence-electron chi connectivity index (χ0n) is 18.7. The van der Waals surface area contributed by atoms with E-state index in [4.69, 9.17) is 9.47 Å². The van der Waals surface area contributed by atoms with Crippen molar-refractivity contribution in [3.05, 3.63) is 48.3 Å². The third-order valence-electron chi connectivity index (χ3n) is 5.71. The number of hydrogen-bond acceptors (Lipinski definition) is 6. The molecule has 1 N–H and O–H groups in total. The van der Waals surface area contributed by atoms with Crippen molar-refractivity contribution in [1.82, 2.24) is 14.8 Å². The molecular weight excluding hydrogens is 443 g/mol. The minimum absolute atomic E-state index is 0.175. The second kappa shape index (κ2) is 10.7. The Morgan fingerprint density at radius 1 is 1.06 bits per heavy atom. The summed E-state index contributed by atoms with van der Waals surface area (Å²) in [5, 5.41) is 12.4. The third-order valence-corrected chi connectivity index (χ3v) is 6.65. The summed E-state index contributed by atoms with van der Waals surface area (Å²) < 4.78 is 26.1. The zero-order chi connectivity index (χ0) is 23.2. The molecule has 1 fully saturated rings. The first-order chi connectivity index (χ1) is 16.1. The Labute approximate surface area is 196 Å². The molecule has 3 aromatic rings. The lowest BCUT2D eigenvalue weighted by atomic mass is 9.95. The Morgan fingerprint density at radius 2 is 1.79 bits per heavy atom. The van der Waals surface area contributed by atoms with Gasteiger partial charge >= 0.3 is 0 Å². The number of nitrogens with one attached hydrogen (secondary N) is 1. The van der Waals surface area contributed by atoms with Gasteiger partial charge in [-0.15, -0.1) is 10.2 Å². The Bertz CT molecular complexity index is 1100. The number of ether oxygens (including phenoxy) is 2. The van der Waals surface area contributed by atoms with Gasteiger partial charge in [-0.2, -0.15) is 0 Å². The molecule has 1 aromatic heterocycles. The van der Waals surface area contributed by atoms with Gasteiger partial charge in [-0.3, -0.25) is 9.36 Å². The second-order valence-electron chi connectivity index (χ2n) is 7.88. The maximum Gasteiger partial charge on any atom is 0.234 e. The normalized spacial score (nSPS) is 14.2. The number of aromatic nitrogens is 3. The molecule has 0 spiro atoms. The van der Waals surface area contributed by atoms with Gasteiger partial charge in [0.05, 0.1) is 20.0 Å². The molecule has 174 valence electrons. The van der Waals surface area contributed by atoms with Crippen molar-refractivity contribution in [2.75, 3.05) is 25.3 Å². The number of benzene rings is 2. The lowest BCUT2D eigenvalue weighted by Crippen LogP contribution is -2.17. The van der Waals surface area contributed by atoms with Crippen LogP contribution in [0.4, 0.5) is 10.1 Å². The molecule has 7 nitrogen and oxygen atoms in total. The first kappa shape index (κ1) is 23.1.